The van der Waals surface area contributed by atoms with Crippen LogP contribution in [0.1, 0.15) is 26.2 Å². The number of hydrogen-bond donors (Lipinski definition) is 1. The number of carbonyl (C=O) groups excluding carboxylic acids is 1. The average Bonchev–Trinajstić information content (AvgIpc) is 2.41. The van der Waals surface area contributed by atoms with Crippen molar-refractivity contribution in [3.05, 3.63) is 0 Å². The Hall–Kier alpha value is -0.650. The SMILES string of the molecule is CCCCCOCCN1CCOC(CNC=O)C1. The summed E-state index contributed by atoms with van der Waals surface area (Å²) in [7, 11) is 0. The van der Waals surface area contributed by atoms with Crippen molar-refractivity contribution >= 4 is 6.41 Å². The summed E-state index contributed by atoms with van der Waals surface area (Å²) in [6.07, 6.45) is 4.48. The summed E-state index contributed by atoms with van der Waals surface area (Å²) in [5.41, 5.74) is 0. The molecule has 1 rings (SSSR count). The highest BCUT2D eigenvalue weighted by Gasteiger charge is 2.19. The molecule has 1 aliphatic rings. The van der Waals surface area contributed by atoms with E-state index in [0.717, 1.165) is 52.3 Å². The van der Waals surface area contributed by atoms with Crippen molar-refractivity contribution in [2.24, 2.45) is 0 Å². The standard InChI is InChI=1S/C13H26N2O3/c1-2-3-4-7-17-8-5-15-6-9-18-13(11-15)10-14-12-16/h12-13H,2-11H2,1H3,(H,14,16). The van der Waals surface area contributed by atoms with Crippen LogP contribution in [0.4, 0.5) is 0 Å². The highest BCUT2D eigenvalue weighted by atomic mass is 16.5. The van der Waals surface area contributed by atoms with Gasteiger partial charge in [0.05, 0.1) is 19.3 Å². The van der Waals surface area contributed by atoms with Gasteiger partial charge in [0, 0.05) is 32.8 Å². The molecule has 0 spiro atoms. The maximum atomic E-state index is 10.2. The molecule has 106 valence electrons. The van der Waals surface area contributed by atoms with Crippen LogP contribution in [0.5, 0.6) is 0 Å². The Kier molecular flexibility index (Phi) is 8.81. The highest BCUT2D eigenvalue weighted by Crippen LogP contribution is 2.04. The zero-order chi connectivity index (χ0) is 13.1. The molecular weight excluding hydrogens is 232 g/mol. The third kappa shape index (κ3) is 6.93. The van der Waals surface area contributed by atoms with Crippen molar-refractivity contribution in [2.45, 2.75) is 32.3 Å². The average molecular weight is 258 g/mol. The molecule has 0 aromatic carbocycles. The molecular formula is C13H26N2O3. The molecule has 0 saturated carbocycles. The summed E-state index contributed by atoms with van der Waals surface area (Å²) in [5, 5.41) is 2.67. The minimum absolute atomic E-state index is 0.115. The lowest BCUT2D eigenvalue weighted by Crippen LogP contribution is -2.47. The molecule has 5 heteroatoms. The molecule has 0 aliphatic carbocycles. The molecule has 1 N–H and O–H groups in total. The first kappa shape index (κ1) is 15.4. The smallest absolute Gasteiger partial charge is 0.207 e. The van der Waals surface area contributed by atoms with E-state index in [2.05, 4.69) is 17.1 Å². The van der Waals surface area contributed by atoms with E-state index in [1.807, 2.05) is 0 Å². The Morgan fingerprint density at radius 1 is 1.44 bits per heavy atom. The Labute approximate surface area is 110 Å². The number of ether oxygens (including phenoxy) is 2. The quantitative estimate of drug-likeness (QED) is 0.461. The fourth-order valence-electron chi connectivity index (χ4n) is 2.04. The maximum absolute atomic E-state index is 10.2. The van der Waals surface area contributed by atoms with Gasteiger partial charge in [-0.25, -0.2) is 0 Å². The number of amides is 1. The van der Waals surface area contributed by atoms with Gasteiger partial charge in [-0.05, 0) is 6.42 Å². The van der Waals surface area contributed by atoms with Gasteiger partial charge in [0.2, 0.25) is 6.41 Å². The first-order chi connectivity index (χ1) is 8.86. The molecule has 18 heavy (non-hydrogen) atoms. The monoisotopic (exact) mass is 258 g/mol. The minimum Gasteiger partial charge on any atom is -0.380 e. The Balaban J connectivity index is 2.01. The fourth-order valence-corrected chi connectivity index (χ4v) is 2.04. The van der Waals surface area contributed by atoms with Crippen LogP contribution in [0, 0.1) is 0 Å². The van der Waals surface area contributed by atoms with Gasteiger partial charge in [0.15, 0.2) is 0 Å². The summed E-state index contributed by atoms with van der Waals surface area (Å²) in [4.78, 5) is 12.6. The number of morpholine rings is 1. The molecule has 1 amide bonds. The number of nitrogens with zero attached hydrogens (tertiary/aromatic N) is 1. The van der Waals surface area contributed by atoms with Crippen molar-refractivity contribution in [1.29, 1.82) is 0 Å². The molecule has 0 bridgehead atoms. The van der Waals surface area contributed by atoms with Gasteiger partial charge in [-0.15, -0.1) is 0 Å². The third-order valence-corrected chi connectivity index (χ3v) is 3.10. The Morgan fingerprint density at radius 2 is 2.33 bits per heavy atom. The number of hydrogen-bond acceptors (Lipinski definition) is 4. The van der Waals surface area contributed by atoms with E-state index in [4.69, 9.17) is 9.47 Å². The number of carbonyl (C=O) groups is 1. The maximum Gasteiger partial charge on any atom is 0.207 e. The second-order valence-electron chi connectivity index (χ2n) is 4.64. The van der Waals surface area contributed by atoms with E-state index in [1.165, 1.54) is 12.8 Å². The van der Waals surface area contributed by atoms with Crippen LogP contribution in [0.2, 0.25) is 0 Å². The van der Waals surface area contributed by atoms with Gasteiger partial charge in [0.25, 0.3) is 0 Å². The molecule has 1 heterocycles. The topological polar surface area (TPSA) is 50.8 Å². The van der Waals surface area contributed by atoms with Crippen LogP contribution < -0.4 is 5.32 Å². The molecule has 1 saturated heterocycles. The van der Waals surface area contributed by atoms with Crippen molar-refractivity contribution in [1.82, 2.24) is 10.2 Å². The van der Waals surface area contributed by atoms with Gasteiger partial charge >= 0.3 is 0 Å². The van der Waals surface area contributed by atoms with E-state index >= 15 is 0 Å². The molecule has 5 nitrogen and oxygen atoms in total. The lowest BCUT2D eigenvalue weighted by molar-refractivity contribution is -0.110. The summed E-state index contributed by atoms with van der Waals surface area (Å²) >= 11 is 0. The second kappa shape index (κ2) is 10.3. The van der Waals surface area contributed by atoms with Crippen LogP contribution in [-0.2, 0) is 14.3 Å². The van der Waals surface area contributed by atoms with Crippen molar-refractivity contribution < 1.29 is 14.3 Å². The van der Waals surface area contributed by atoms with Crippen molar-refractivity contribution in [3.63, 3.8) is 0 Å². The highest BCUT2D eigenvalue weighted by molar-refractivity contribution is 5.45. The molecule has 1 atom stereocenters. The van der Waals surface area contributed by atoms with E-state index in [-0.39, 0.29) is 6.10 Å². The van der Waals surface area contributed by atoms with E-state index in [9.17, 15) is 4.79 Å². The van der Waals surface area contributed by atoms with Crippen molar-refractivity contribution in [3.8, 4) is 0 Å². The van der Waals surface area contributed by atoms with Crippen LogP contribution in [0.3, 0.4) is 0 Å². The molecule has 1 aliphatic heterocycles. The van der Waals surface area contributed by atoms with Crippen LogP contribution in [-0.4, -0.2) is 63.4 Å². The summed E-state index contributed by atoms with van der Waals surface area (Å²) in [5.74, 6) is 0. The Morgan fingerprint density at radius 3 is 3.11 bits per heavy atom. The third-order valence-electron chi connectivity index (χ3n) is 3.10. The summed E-state index contributed by atoms with van der Waals surface area (Å²) in [6.45, 7) is 7.97. The van der Waals surface area contributed by atoms with Gasteiger partial charge < -0.3 is 14.8 Å². The predicted molar refractivity (Wildman–Crippen MR) is 70.6 cm³/mol. The molecule has 0 radical (unpaired) electrons. The van der Waals surface area contributed by atoms with Gasteiger partial charge in [0.1, 0.15) is 0 Å². The van der Waals surface area contributed by atoms with Gasteiger partial charge in [-0.2, -0.15) is 0 Å². The molecule has 0 aromatic rings. The zero-order valence-electron chi connectivity index (χ0n) is 11.4. The lowest BCUT2D eigenvalue weighted by Gasteiger charge is -2.32. The summed E-state index contributed by atoms with van der Waals surface area (Å²) < 4.78 is 11.2. The van der Waals surface area contributed by atoms with Crippen LogP contribution in [0.25, 0.3) is 0 Å². The molecule has 0 aromatic heterocycles. The zero-order valence-corrected chi connectivity index (χ0v) is 11.4. The number of rotatable bonds is 10. The van der Waals surface area contributed by atoms with Crippen LogP contribution in [0.15, 0.2) is 0 Å². The van der Waals surface area contributed by atoms with E-state index < -0.39 is 0 Å². The Bertz CT molecular complexity index is 214. The number of nitrogens with one attached hydrogen (secondary N) is 1. The second-order valence-corrected chi connectivity index (χ2v) is 4.64. The lowest BCUT2D eigenvalue weighted by atomic mass is 10.2. The predicted octanol–water partition coefficient (Wildman–Crippen LogP) is 0.640. The van der Waals surface area contributed by atoms with Gasteiger partial charge in [-0.1, -0.05) is 19.8 Å². The van der Waals surface area contributed by atoms with Crippen molar-refractivity contribution in [2.75, 3.05) is 46.0 Å². The largest absolute Gasteiger partial charge is 0.380 e. The first-order valence-electron chi connectivity index (χ1n) is 6.95. The minimum atomic E-state index is 0.115. The van der Waals surface area contributed by atoms with E-state index in [0.29, 0.717) is 6.54 Å². The van der Waals surface area contributed by atoms with Gasteiger partial charge in [-0.3, -0.25) is 9.69 Å². The molecule has 1 fully saturated rings. The van der Waals surface area contributed by atoms with E-state index in [1.54, 1.807) is 0 Å². The normalized spacial score (nSPS) is 20.8. The summed E-state index contributed by atoms with van der Waals surface area (Å²) in [6, 6.07) is 0. The number of unbranched alkanes of at least 4 members (excludes halogenated alkanes) is 2. The van der Waals surface area contributed by atoms with Crippen LogP contribution >= 0.6 is 0 Å². The molecule has 1 unspecified atom stereocenters. The first-order valence-corrected chi connectivity index (χ1v) is 6.95. The fraction of sp³-hybridized carbons (Fsp3) is 0.923.